The van der Waals surface area contributed by atoms with Crippen LogP contribution in [0.5, 0.6) is 0 Å². The second-order valence-corrected chi connectivity index (χ2v) is 3.01. The monoisotopic (exact) mass is 204 g/mol. The fraction of sp³-hybridized carbons (Fsp3) is 0.250. The maximum atomic E-state index is 5.02. The zero-order valence-electron chi connectivity index (χ0n) is 9.02. The number of hydrogen-bond acceptors (Lipinski definition) is 2. The van der Waals surface area contributed by atoms with Crippen LogP contribution >= 0.6 is 0 Å². The van der Waals surface area contributed by atoms with Gasteiger partial charge in [0.15, 0.2) is 0 Å². The molecule has 1 aromatic heterocycles. The Bertz CT molecular complexity index is 443. The van der Waals surface area contributed by atoms with Gasteiger partial charge in [-0.2, -0.15) is 5.10 Å². The van der Waals surface area contributed by atoms with Crippen LogP contribution in [-0.2, 0) is 11.3 Å². The van der Waals surface area contributed by atoms with Crippen molar-refractivity contribution in [1.29, 1.82) is 0 Å². The highest BCUT2D eigenvalue weighted by atomic mass is 16.5. The Morgan fingerprint density at radius 1 is 1.40 bits per heavy atom. The lowest BCUT2D eigenvalue weighted by Gasteiger charge is -1.99. The first-order valence-electron chi connectivity index (χ1n) is 4.79. The number of methoxy groups -OCH3 is 1. The Hall–Kier alpha value is -1.61. The largest absolute Gasteiger partial charge is 0.383 e. The van der Waals surface area contributed by atoms with E-state index in [0.717, 1.165) is 17.1 Å². The van der Waals surface area contributed by atoms with Gasteiger partial charge in [-0.1, -0.05) is 31.4 Å². The second kappa shape index (κ2) is 5.98. The van der Waals surface area contributed by atoms with Crippen molar-refractivity contribution in [3.8, 4) is 0 Å². The minimum atomic E-state index is 0.646. The predicted octanol–water partition coefficient (Wildman–Crippen LogP) is 0.463. The number of allylic oxidation sites excluding steroid dienone is 2. The average molecular weight is 204 g/mol. The molecule has 0 amide bonds. The van der Waals surface area contributed by atoms with Crippen molar-refractivity contribution in [1.82, 2.24) is 9.78 Å². The van der Waals surface area contributed by atoms with Gasteiger partial charge in [-0.3, -0.25) is 4.68 Å². The highest BCUT2D eigenvalue weighted by molar-refractivity contribution is 5.39. The molecule has 15 heavy (non-hydrogen) atoms. The molecule has 0 aliphatic rings. The highest BCUT2D eigenvalue weighted by Gasteiger charge is 1.95. The average Bonchev–Trinajstić information content (AvgIpc) is 2.60. The van der Waals surface area contributed by atoms with Crippen molar-refractivity contribution in [3.63, 3.8) is 0 Å². The molecule has 1 rings (SSSR count). The molecule has 0 bridgehead atoms. The van der Waals surface area contributed by atoms with Gasteiger partial charge in [-0.25, -0.2) is 0 Å². The van der Waals surface area contributed by atoms with Gasteiger partial charge in [0, 0.05) is 12.3 Å². The first kappa shape index (κ1) is 11.5. The van der Waals surface area contributed by atoms with Crippen molar-refractivity contribution in [2.45, 2.75) is 6.54 Å². The van der Waals surface area contributed by atoms with Gasteiger partial charge in [0.25, 0.3) is 0 Å². The smallest absolute Gasteiger partial charge is 0.0683 e. The maximum absolute atomic E-state index is 5.02. The van der Waals surface area contributed by atoms with Gasteiger partial charge >= 0.3 is 0 Å². The van der Waals surface area contributed by atoms with E-state index in [-0.39, 0.29) is 0 Å². The van der Waals surface area contributed by atoms with Crippen LogP contribution in [0.25, 0.3) is 12.2 Å². The Morgan fingerprint density at radius 3 is 2.73 bits per heavy atom. The third kappa shape index (κ3) is 2.92. The van der Waals surface area contributed by atoms with Gasteiger partial charge in [0.2, 0.25) is 0 Å². The molecule has 1 aromatic rings. The van der Waals surface area contributed by atoms with Crippen LogP contribution in [0.2, 0.25) is 0 Å². The molecule has 0 aromatic carbocycles. The summed E-state index contributed by atoms with van der Waals surface area (Å²) in [5, 5.41) is 6.34. The molecule has 0 atom stereocenters. The van der Waals surface area contributed by atoms with Crippen LogP contribution in [0, 0.1) is 0 Å². The van der Waals surface area contributed by atoms with Crippen molar-refractivity contribution in [2.24, 2.45) is 0 Å². The summed E-state index contributed by atoms with van der Waals surface area (Å²) in [4.78, 5) is 0. The Kier molecular flexibility index (Phi) is 4.57. The Balaban J connectivity index is 3.18. The van der Waals surface area contributed by atoms with Crippen LogP contribution in [0.3, 0.4) is 0 Å². The highest BCUT2D eigenvalue weighted by Crippen LogP contribution is 1.77. The molecule has 3 nitrogen and oxygen atoms in total. The summed E-state index contributed by atoms with van der Waals surface area (Å²) in [6.07, 6.45) is 9.16. The molecule has 1 heterocycles. The number of hydrogen-bond donors (Lipinski definition) is 0. The number of aromatic nitrogens is 2. The van der Waals surface area contributed by atoms with Crippen LogP contribution in [-0.4, -0.2) is 23.5 Å². The number of nitrogens with zero attached hydrogens (tertiary/aromatic N) is 2. The quantitative estimate of drug-likeness (QED) is 0.697. The molecule has 80 valence electrons. The van der Waals surface area contributed by atoms with Crippen molar-refractivity contribution in [3.05, 3.63) is 42.1 Å². The minimum absolute atomic E-state index is 0.646. The fourth-order valence-corrected chi connectivity index (χ4v) is 1.31. The van der Waals surface area contributed by atoms with Crippen LogP contribution < -0.4 is 10.6 Å². The lowest BCUT2D eigenvalue weighted by molar-refractivity contribution is 0.182. The first-order chi connectivity index (χ1) is 7.33. The summed E-state index contributed by atoms with van der Waals surface area (Å²) < 4.78 is 6.91. The molecule has 0 saturated heterocycles. The Morgan fingerprint density at radius 2 is 2.13 bits per heavy atom. The van der Waals surface area contributed by atoms with Crippen molar-refractivity contribution < 1.29 is 4.74 Å². The number of rotatable bonds is 5. The topological polar surface area (TPSA) is 27.1 Å². The third-order valence-corrected chi connectivity index (χ3v) is 1.99. The van der Waals surface area contributed by atoms with E-state index >= 15 is 0 Å². The van der Waals surface area contributed by atoms with E-state index in [1.165, 1.54) is 0 Å². The van der Waals surface area contributed by atoms with Gasteiger partial charge < -0.3 is 4.74 Å². The molecule has 0 aliphatic heterocycles. The first-order valence-corrected chi connectivity index (χ1v) is 4.79. The molecular formula is C12H16N2O. The van der Waals surface area contributed by atoms with Crippen LogP contribution in [0.4, 0.5) is 0 Å². The fourth-order valence-electron chi connectivity index (χ4n) is 1.31. The second-order valence-electron chi connectivity index (χ2n) is 3.01. The normalized spacial score (nSPS) is 13.1. The lowest BCUT2D eigenvalue weighted by atomic mass is 10.3. The molecule has 0 aliphatic carbocycles. The SMILES string of the molecule is C=C/C=c1/cnn(CCOC)/c1=C/C=C. The summed E-state index contributed by atoms with van der Waals surface area (Å²) in [5.41, 5.74) is 0. The molecule has 0 saturated carbocycles. The minimum Gasteiger partial charge on any atom is -0.383 e. The van der Waals surface area contributed by atoms with E-state index in [4.69, 9.17) is 4.74 Å². The standard InChI is InChI=1S/C12H16N2O/c1-4-6-11-10-13-14(8-9-15-3)12(11)7-5-2/h4-7,10H,1-2,8-9H2,3H3/b11-6-,12-7+. The summed E-state index contributed by atoms with van der Waals surface area (Å²) in [6, 6.07) is 0. The molecule has 0 spiro atoms. The van der Waals surface area contributed by atoms with Gasteiger partial charge in [-0.05, 0) is 6.08 Å². The molecule has 0 radical (unpaired) electrons. The van der Waals surface area contributed by atoms with E-state index < -0.39 is 0 Å². The zero-order valence-corrected chi connectivity index (χ0v) is 9.02. The van der Waals surface area contributed by atoms with Crippen LogP contribution in [0.15, 0.2) is 31.5 Å². The summed E-state index contributed by atoms with van der Waals surface area (Å²) >= 11 is 0. The molecule has 0 N–H and O–H groups in total. The van der Waals surface area contributed by atoms with E-state index in [9.17, 15) is 0 Å². The van der Waals surface area contributed by atoms with E-state index in [0.29, 0.717) is 6.61 Å². The maximum Gasteiger partial charge on any atom is 0.0683 e. The van der Waals surface area contributed by atoms with Gasteiger partial charge in [0.05, 0.1) is 24.7 Å². The van der Waals surface area contributed by atoms with Crippen molar-refractivity contribution >= 4 is 12.2 Å². The Labute approximate surface area is 89.7 Å². The zero-order chi connectivity index (χ0) is 11.1. The molecule has 0 fully saturated rings. The summed E-state index contributed by atoms with van der Waals surface area (Å²) in [6.45, 7) is 8.75. The van der Waals surface area contributed by atoms with Gasteiger partial charge in [-0.15, -0.1) is 0 Å². The molecule has 3 heteroatoms. The van der Waals surface area contributed by atoms with Gasteiger partial charge in [0.1, 0.15) is 0 Å². The lowest BCUT2D eigenvalue weighted by Crippen LogP contribution is -2.30. The number of ether oxygens (including phenoxy) is 1. The summed E-state index contributed by atoms with van der Waals surface area (Å²) in [5.74, 6) is 0. The summed E-state index contributed by atoms with van der Waals surface area (Å²) in [7, 11) is 1.68. The molecular weight excluding hydrogens is 188 g/mol. The van der Waals surface area contributed by atoms with E-state index in [1.807, 2.05) is 23.0 Å². The van der Waals surface area contributed by atoms with Crippen LogP contribution in [0.1, 0.15) is 0 Å². The predicted molar refractivity (Wildman–Crippen MR) is 62.7 cm³/mol. The molecule has 0 unspecified atom stereocenters. The van der Waals surface area contributed by atoms with Crippen molar-refractivity contribution in [2.75, 3.05) is 13.7 Å². The van der Waals surface area contributed by atoms with E-state index in [1.54, 1.807) is 19.3 Å². The van der Waals surface area contributed by atoms with E-state index in [2.05, 4.69) is 18.3 Å². The third-order valence-electron chi connectivity index (χ3n) is 1.99.